The Morgan fingerprint density at radius 2 is 1.88 bits per heavy atom. The summed E-state index contributed by atoms with van der Waals surface area (Å²) in [4.78, 5) is 1.17. The topological polar surface area (TPSA) is 40.5 Å². The van der Waals surface area contributed by atoms with E-state index in [0.717, 1.165) is 6.42 Å². The Hall–Kier alpha value is -0.510. The third-order valence-corrected chi connectivity index (χ3v) is 4.14. The molecule has 0 amide bonds. The fraction of sp³-hybridized carbons (Fsp3) is 0.538. The van der Waals surface area contributed by atoms with Crippen LogP contribution in [0.15, 0.2) is 35.2 Å². The van der Waals surface area contributed by atoms with Crippen molar-refractivity contribution in [1.82, 2.24) is 0 Å². The monoisotopic (exact) mass is 240 g/mol. The van der Waals surface area contributed by atoms with Crippen molar-refractivity contribution >= 4 is 11.8 Å². The van der Waals surface area contributed by atoms with Crippen molar-refractivity contribution in [1.29, 1.82) is 0 Å². The molecular weight excluding hydrogens is 220 g/mol. The SMILES string of the molecule is CC[C@@H](Sc1ccccc1)[C@H](O)[C@@H](C)CO. The number of hydrogen-bond donors (Lipinski definition) is 2. The Morgan fingerprint density at radius 1 is 1.25 bits per heavy atom. The molecule has 16 heavy (non-hydrogen) atoms. The molecular formula is C13H20O2S. The molecule has 0 aliphatic rings. The first-order valence-corrected chi connectivity index (χ1v) is 6.57. The average molecular weight is 240 g/mol. The molecule has 0 heterocycles. The molecule has 0 aromatic heterocycles. The molecule has 0 fully saturated rings. The summed E-state index contributed by atoms with van der Waals surface area (Å²) in [5, 5.41) is 19.2. The second-order valence-electron chi connectivity index (χ2n) is 4.03. The summed E-state index contributed by atoms with van der Waals surface area (Å²) in [6.07, 6.45) is 0.436. The summed E-state index contributed by atoms with van der Waals surface area (Å²) in [5.74, 6) is -0.0684. The first kappa shape index (κ1) is 13.6. The van der Waals surface area contributed by atoms with E-state index in [0.29, 0.717) is 0 Å². The summed E-state index contributed by atoms with van der Waals surface area (Å²) < 4.78 is 0. The average Bonchev–Trinajstić information content (AvgIpc) is 2.35. The first-order chi connectivity index (χ1) is 7.69. The molecule has 1 aromatic carbocycles. The van der Waals surface area contributed by atoms with E-state index in [9.17, 15) is 5.11 Å². The highest BCUT2D eigenvalue weighted by molar-refractivity contribution is 8.00. The molecule has 90 valence electrons. The molecule has 0 spiro atoms. The number of hydrogen-bond acceptors (Lipinski definition) is 3. The maximum absolute atomic E-state index is 10.1. The molecule has 0 radical (unpaired) electrons. The van der Waals surface area contributed by atoms with Gasteiger partial charge in [-0.2, -0.15) is 0 Å². The lowest BCUT2D eigenvalue weighted by Gasteiger charge is -2.25. The standard InChI is InChI=1S/C13H20O2S/c1-3-12(13(15)10(2)9-14)16-11-7-5-4-6-8-11/h4-8,10,12-15H,3,9H2,1-2H3/t10-,12+,13+/m0/s1. The van der Waals surface area contributed by atoms with Gasteiger partial charge in [0.05, 0.1) is 6.10 Å². The zero-order chi connectivity index (χ0) is 12.0. The smallest absolute Gasteiger partial charge is 0.0709 e. The molecule has 0 aliphatic carbocycles. The fourth-order valence-corrected chi connectivity index (χ4v) is 2.78. The van der Waals surface area contributed by atoms with Crippen LogP contribution in [-0.2, 0) is 0 Å². The van der Waals surface area contributed by atoms with Crippen LogP contribution in [0.3, 0.4) is 0 Å². The third kappa shape index (κ3) is 3.81. The van der Waals surface area contributed by atoms with Gasteiger partial charge in [-0.05, 0) is 18.6 Å². The van der Waals surface area contributed by atoms with Crippen molar-refractivity contribution in [2.24, 2.45) is 5.92 Å². The van der Waals surface area contributed by atoms with E-state index >= 15 is 0 Å². The van der Waals surface area contributed by atoms with Gasteiger partial charge in [0.15, 0.2) is 0 Å². The Morgan fingerprint density at radius 3 is 2.38 bits per heavy atom. The molecule has 3 heteroatoms. The lowest BCUT2D eigenvalue weighted by atomic mass is 10.0. The summed E-state index contributed by atoms with van der Waals surface area (Å²) in [6, 6.07) is 10.1. The van der Waals surface area contributed by atoms with Gasteiger partial charge in [0.1, 0.15) is 0 Å². The van der Waals surface area contributed by atoms with Gasteiger partial charge in [-0.25, -0.2) is 0 Å². The number of benzene rings is 1. The third-order valence-electron chi connectivity index (χ3n) is 2.68. The second-order valence-corrected chi connectivity index (χ2v) is 5.34. The fourth-order valence-electron chi connectivity index (χ4n) is 1.54. The summed E-state index contributed by atoms with van der Waals surface area (Å²) in [7, 11) is 0. The summed E-state index contributed by atoms with van der Waals surface area (Å²) in [6.45, 7) is 3.97. The Bertz CT molecular complexity index is 289. The molecule has 0 bridgehead atoms. The zero-order valence-electron chi connectivity index (χ0n) is 9.84. The maximum Gasteiger partial charge on any atom is 0.0709 e. The van der Waals surface area contributed by atoms with Gasteiger partial charge in [0.25, 0.3) is 0 Å². The van der Waals surface area contributed by atoms with Gasteiger partial charge in [0.2, 0.25) is 0 Å². The van der Waals surface area contributed by atoms with E-state index in [4.69, 9.17) is 5.11 Å². The quantitative estimate of drug-likeness (QED) is 0.751. The highest BCUT2D eigenvalue weighted by Gasteiger charge is 2.23. The van der Waals surface area contributed by atoms with Crippen molar-refractivity contribution in [3.8, 4) is 0 Å². The van der Waals surface area contributed by atoms with Crippen LogP contribution in [0.2, 0.25) is 0 Å². The normalized spacial score (nSPS) is 16.8. The molecule has 0 aliphatic heterocycles. The lowest BCUT2D eigenvalue weighted by Crippen LogP contribution is -2.31. The Labute approximate surface area is 102 Å². The summed E-state index contributed by atoms with van der Waals surface area (Å²) >= 11 is 1.68. The van der Waals surface area contributed by atoms with Crippen molar-refractivity contribution in [2.75, 3.05) is 6.61 Å². The molecule has 1 rings (SSSR count). The maximum atomic E-state index is 10.1. The van der Waals surface area contributed by atoms with Gasteiger partial charge in [-0.15, -0.1) is 11.8 Å². The lowest BCUT2D eigenvalue weighted by molar-refractivity contribution is 0.0745. The van der Waals surface area contributed by atoms with Gasteiger partial charge in [-0.3, -0.25) is 0 Å². The zero-order valence-corrected chi connectivity index (χ0v) is 10.7. The van der Waals surface area contributed by atoms with E-state index in [2.05, 4.69) is 6.92 Å². The first-order valence-electron chi connectivity index (χ1n) is 5.69. The van der Waals surface area contributed by atoms with Crippen LogP contribution >= 0.6 is 11.8 Å². The van der Waals surface area contributed by atoms with Crippen molar-refractivity contribution in [3.63, 3.8) is 0 Å². The number of rotatable bonds is 6. The van der Waals surface area contributed by atoms with E-state index in [-0.39, 0.29) is 17.8 Å². The van der Waals surface area contributed by atoms with Crippen molar-refractivity contribution < 1.29 is 10.2 Å². The highest BCUT2D eigenvalue weighted by atomic mass is 32.2. The van der Waals surface area contributed by atoms with Crippen LogP contribution < -0.4 is 0 Å². The molecule has 0 saturated heterocycles. The number of aliphatic hydroxyl groups excluding tert-OH is 2. The van der Waals surface area contributed by atoms with Crippen molar-refractivity contribution in [2.45, 2.75) is 36.5 Å². The van der Waals surface area contributed by atoms with Crippen molar-refractivity contribution in [3.05, 3.63) is 30.3 Å². The molecule has 0 unspecified atom stereocenters. The minimum atomic E-state index is -0.458. The molecule has 2 N–H and O–H groups in total. The number of thioether (sulfide) groups is 1. The minimum Gasteiger partial charge on any atom is -0.396 e. The van der Waals surface area contributed by atoms with Gasteiger partial charge in [0, 0.05) is 22.7 Å². The van der Waals surface area contributed by atoms with E-state index < -0.39 is 6.10 Å². The van der Waals surface area contributed by atoms with E-state index in [1.165, 1.54) is 4.90 Å². The van der Waals surface area contributed by atoms with Crippen LogP contribution in [0.5, 0.6) is 0 Å². The predicted molar refractivity (Wildman–Crippen MR) is 68.6 cm³/mol. The predicted octanol–water partition coefficient (Wildman–Crippen LogP) is 2.55. The van der Waals surface area contributed by atoms with Gasteiger partial charge >= 0.3 is 0 Å². The summed E-state index contributed by atoms with van der Waals surface area (Å²) in [5.41, 5.74) is 0. The second kappa shape index (κ2) is 6.94. The van der Waals surface area contributed by atoms with Crippen LogP contribution in [0.4, 0.5) is 0 Å². The van der Waals surface area contributed by atoms with Crippen LogP contribution in [0.25, 0.3) is 0 Å². The molecule has 2 nitrogen and oxygen atoms in total. The Kier molecular flexibility index (Phi) is 5.88. The molecule has 3 atom stereocenters. The van der Waals surface area contributed by atoms with Gasteiger partial charge in [-0.1, -0.05) is 32.0 Å². The van der Waals surface area contributed by atoms with E-state index in [1.54, 1.807) is 11.8 Å². The minimum absolute atomic E-state index is 0.0347. The molecule has 0 saturated carbocycles. The largest absolute Gasteiger partial charge is 0.396 e. The van der Waals surface area contributed by atoms with E-state index in [1.807, 2.05) is 37.3 Å². The van der Waals surface area contributed by atoms with Gasteiger partial charge < -0.3 is 10.2 Å². The van der Waals surface area contributed by atoms with Crippen LogP contribution in [0, 0.1) is 5.92 Å². The van der Waals surface area contributed by atoms with Crippen LogP contribution in [-0.4, -0.2) is 28.2 Å². The van der Waals surface area contributed by atoms with Crippen LogP contribution in [0.1, 0.15) is 20.3 Å². The highest BCUT2D eigenvalue weighted by Crippen LogP contribution is 2.29. The Balaban J connectivity index is 2.62. The molecule has 1 aromatic rings. The number of aliphatic hydroxyl groups is 2.